The molecule has 2 aromatic rings. The summed E-state index contributed by atoms with van der Waals surface area (Å²) < 4.78 is 4.87. The van der Waals surface area contributed by atoms with Crippen molar-refractivity contribution in [3.05, 3.63) is 24.3 Å². The van der Waals surface area contributed by atoms with Gasteiger partial charge in [-0.1, -0.05) is 12.1 Å². The molecule has 0 spiro atoms. The average molecular weight is 257 g/mol. The lowest BCUT2D eigenvalue weighted by Crippen LogP contribution is -2.30. The number of anilines is 1. The number of para-hydroxylation sites is 2. The Balaban J connectivity index is 1.68. The number of hydrogen-bond donors (Lipinski definition) is 1. The summed E-state index contributed by atoms with van der Waals surface area (Å²) in [6.07, 6.45) is 2.75. The SMILES string of the molecule is c1ccc2c(c1)n(CCN1CCCC1)c1[n+]2CCN1. The summed E-state index contributed by atoms with van der Waals surface area (Å²) in [4.78, 5) is 2.58. The van der Waals surface area contributed by atoms with Crippen molar-refractivity contribution in [3.8, 4) is 0 Å². The van der Waals surface area contributed by atoms with Gasteiger partial charge in [0, 0.05) is 6.54 Å². The van der Waals surface area contributed by atoms with E-state index in [0.29, 0.717) is 0 Å². The summed E-state index contributed by atoms with van der Waals surface area (Å²) in [6, 6.07) is 8.76. The Morgan fingerprint density at radius 3 is 2.84 bits per heavy atom. The molecule has 2 aliphatic rings. The Kier molecular flexibility index (Phi) is 2.69. The highest BCUT2D eigenvalue weighted by molar-refractivity contribution is 5.74. The fourth-order valence-electron chi connectivity index (χ4n) is 3.47. The van der Waals surface area contributed by atoms with Crippen LogP contribution in [0.2, 0.25) is 0 Å². The van der Waals surface area contributed by atoms with Crippen LogP contribution in [0.4, 0.5) is 5.95 Å². The number of likely N-dealkylation sites (tertiary alicyclic amines) is 1. The zero-order chi connectivity index (χ0) is 12.7. The summed E-state index contributed by atoms with van der Waals surface area (Å²) in [6.45, 7) is 6.98. The molecule has 0 amide bonds. The van der Waals surface area contributed by atoms with Crippen molar-refractivity contribution < 1.29 is 4.57 Å². The highest BCUT2D eigenvalue weighted by Gasteiger charge is 2.27. The van der Waals surface area contributed by atoms with E-state index in [1.165, 1.54) is 49.5 Å². The van der Waals surface area contributed by atoms with Gasteiger partial charge in [-0.3, -0.25) is 5.32 Å². The Bertz CT molecular complexity index is 595. The lowest BCUT2D eigenvalue weighted by Gasteiger charge is -2.13. The van der Waals surface area contributed by atoms with Crippen LogP contribution in [-0.2, 0) is 13.1 Å². The molecule has 1 saturated heterocycles. The predicted molar refractivity (Wildman–Crippen MR) is 76.3 cm³/mol. The Hall–Kier alpha value is -1.55. The van der Waals surface area contributed by atoms with E-state index in [2.05, 4.69) is 43.6 Å². The smallest absolute Gasteiger partial charge is 0.300 e. The Morgan fingerprint density at radius 1 is 1.11 bits per heavy atom. The first kappa shape index (κ1) is 11.3. The number of fused-ring (bicyclic) bond motifs is 3. The molecule has 1 fully saturated rings. The Morgan fingerprint density at radius 2 is 1.95 bits per heavy atom. The van der Waals surface area contributed by atoms with E-state index in [9.17, 15) is 0 Å². The normalized spacial score (nSPS) is 18.9. The first-order valence-corrected chi connectivity index (χ1v) is 7.41. The second-order valence-electron chi connectivity index (χ2n) is 5.59. The molecule has 0 saturated carbocycles. The van der Waals surface area contributed by atoms with Crippen LogP contribution in [0.5, 0.6) is 0 Å². The van der Waals surface area contributed by atoms with Crippen LogP contribution in [0, 0.1) is 0 Å². The highest BCUT2D eigenvalue weighted by atomic mass is 15.3. The molecule has 4 rings (SSSR count). The molecule has 0 unspecified atom stereocenters. The largest absolute Gasteiger partial charge is 0.358 e. The number of hydrogen-bond acceptors (Lipinski definition) is 2. The maximum Gasteiger partial charge on any atom is 0.358 e. The minimum atomic E-state index is 1.06. The summed E-state index contributed by atoms with van der Waals surface area (Å²) in [5, 5.41) is 3.54. The maximum atomic E-state index is 3.54. The van der Waals surface area contributed by atoms with Crippen molar-refractivity contribution in [3.63, 3.8) is 0 Å². The van der Waals surface area contributed by atoms with Crippen LogP contribution in [0.15, 0.2) is 24.3 Å². The van der Waals surface area contributed by atoms with Gasteiger partial charge in [0.15, 0.2) is 0 Å². The summed E-state index contributed by atoms with van der Waals surface area (Å²) in [5.41, 5.74) is 2.73. The molecule has 3 heterocycles. The van der Waals surface area contributed by atoms with Gasteiger partial charge >= 0.3 is 5.95 Å². The van der Waals surface area contributed by atoms with Crippen molar-refractivity contribution in [2.24, 2.45) is 0 Å². The zero-order valence-corrected chi connectivity index (χ0v) is 11.3. The van der Waals surface area contributed by atoms with Gasteiger partial charge in [0.05, 0.1) is 13.1 Å². The lowest BCUT2D eigenvalue weighted by atomic mass is 10.3. The fraction of sp³-hybridized carbons (Fsp3) is 0.533. The van der Waals surface area contributed by atoms with Gasteiger partial charge in [0.2, 0.25) is 0 Å². The van der Waals surface area contributed by atoms with Crippen LogP contribution in [0.3, 0.4) is 0 Å². The zero-order valence-electron chi connectivity index (χ0n) is 11.3. The van der Waals surface area contributed by atoms with Gasteiger partial charge in [-0.05, 0) is 38.1 Å². The van der Waals surface area contributed by atoms with Crippen LogP contribution >= 0.6 is 0 Å². The fourth-order valence-corrected chi connectivity index (χ4v) is 3.47. The first-order valence-electron chi connectivity index (χ1n) is 7.41. The predicted octanol–water partition coefficient (Wildman–Crippen LogP) is 1.45. The van der Waals surface area contributed by atoms with E-state index in [-0.39, 0.29) is 0 Å². The van der Waals surface area contributed by atoms with Gasteiger partial charge < -0.3 is 4.90 Å². The van der Waals surface area contributed by atoms with Crippen molar-refractivity contribution in [2.75, 3.05) is 31.5 Å². The second kappa shape index (κ2) is 4.53. The first-order chi connectivity index (χ1) is 9.43. The molecule has 0 aliphatic carbocycles. The van der Waals surface area contributed by atoms with E-state index in [1.807, 2.05) is 0 Å². The molecule has 0 bridgehead atoms. The second-order valence-corrected chi connectivity index (χ2v) is 5.59. The summed E-state index contributed by atoms with van der Waals surface area (Å²) in [7, 11) is 0. The minimum Gasteiger partial charge on any atom is -0.300 e. The van der Waals surface area contributed by atoms with Crippen LogP contribution in [0.1, 0.15) is 12.8 Å². The maximum absolute atomic E-state index is 3.54. The molecule has 4 heteroatoms. The van der Waals surface area contributed by atoms with E-state index in [1.54, 1.807) is 0 Å². The molecule has 19 heavy (non-hydrogen) atoms. The number of imidazole rings is 1. The highest BCUT2D eigenvalue weighted by Crippen LogP contribution is 2.20. The van der Waals surface area contributed by atoms with Crippen molar-refractivity contribution >= 4 is 17.0 Å². The van der Waals surface area contributed by atoms with Gasteiger partial charge in [0.1, 0.15) is 17.6 Å². The molecule has 100 valence electrons. The number of aromatic nitrogens is 2. The monoisotopic (exact) mass is 257 g/mol. The summed E-state index contributed by atoms with van der Waals surface area (Å²) in [5.74, 6) is 1.29. The number of rotatable bonds is 3. The van der Waals surface area contributed by atoms with E-state index in [0.717, 1.165) is 19.6 Å². The molecule has 1 aromatic carbocycles. The molecule has 1 N–H and O–H groups in total. The average Bonchev–Trinajstić information content (AvgIpc) is 3.14. The third-order valence-corrected chi connectivity index (χ3v) is 4.43. The van der Waals surface area contributed by atoms with Crippen molar-refractivity contribution in [1.29, 1.82) is 0 Å². The summed E-state index contributed by atoms with van der Waals surface area (Å²) >= 11 is 0. The van der Waals surface area contributed by atoms with Crippen LogP contribution < -0.4 is 9.88 Å². The number of benzene rings is 1. The lowest BCUT2D eigenvalue weighted by molar-refractivity contribution is -0.644. The minimum absolute atomic E-state index is 1.06. The molecule has 1 aromatic heterocycles. The number of nitrogens with zero attached hydrogens (tertiary/aromatic N) is 3. The van der Waals surface area contributed by atoms with Crippen molar-refractivity contribution in [2.45, 2.75) is 25.9 Å². The quantitative estimate of drug-likeness (QED) is 0.842. The Labute approximate surface area is 113 Å². The molecular formula is C15H21N4+. The molecule has 2 aliphatic heterocycles. The van der Waals surface area contributed by atoms with Gasteiger partial charge in [-0.25, -0.2) is 9.13 Å². The third kappa shape index (κ3) is 1.82. The van der Waals surface area contributed by atoms with E-state index >= 15 is 0 Å². The molecule has 0 atom stereocenters. The third-order valence-electron chi connectivity index (χ3n) is 4.43. The van der Waals surface area contributed by atoms with Crippen LogP contribution in [0.25, 0.3) is 11.0 Å². The van der Waals surface area contributed by atoms with E-state index in [4.69, 9.17) is 0 Å². The number of nitrogens with one attached hydrogen (secondary N) is 1. The topological polar surface area (TPSA) is 24.1 Å². The molecule has 0 radical (unpaired) electrons. The van der Waals surface area contributed by atoms with Gasteiger partial charge in [-0.2, -0.15) is 0 Å². The standard InChI is InChI=1S/C15H20N4/c1-2-6-14-13(5-1)18-10-7-16-15(18)19(14)12-11-17-8-3-4-9-17/h1-2,5-6H,3-4,7-12H2/p+1. The van der Waals surface area contributed by atoms with Crippen molar-refractivity contribution in [1.82, 2.24) is 9.47 Å². The molecule has 4 nitrogen and oxygen atoms in total. The van der Waals surface area contributed by atoms with Gasteiger partial charge in [-0.15, -0.1) is 0 Å². The van der Waals surface area contributed by atoms with Crippen LogP contribution in [-0.4, -0.2) is 35.6 Å². The van der Waals surface area contributed by atoms with E-state index < -0.39 is 0 Å². The molecular weight excluding hydrogens is 236 g/mol. The van der Waals surface area contributed by atoms with Gasteiger partial charge in [0.25, 0.3) is 0 Å².